The first-order chi connectivity index (χ1) is 8.19. The molecule has 0 fully saturated rings. The van der Waals surface area contributed by atoms with E-state index in [9.17, 15) is 0 Å². The number of hydrogen-bond donors (Lipinski definition) is 1. The zero-order valence-electron chi connectivity index (χ0n) is 11.4. The van der Waals surface area contributed by atoms with Gasteiger partial charge in [-0.1, -0.05) is 0 Å². The molecule has 2 unspecified atom stereocenters. The molecule has 0 spiro atoms. The molecule has 0 amide bonds. The van der Waals surface area contributed by atoms with E-state index >= 15 is 0 Å². The molecule has 0 aliphatic rings. The molecule has 1 rings (SSSR count). The predicted octanol–water partition coefficient (Wildman–Crippen LogP) is 1.60. The largest absolute Gasteiger partial charge is 0.493 e. The molecule has 0 aliphatic heterocycles. The quantitative estimate of drug-likeness (QED) is 0.787. The molecule has 0 radical (unpaired) electrons. The van der Waals surface area contributed by atoms with Crippen LogP contribution in [0, 0.1) is 0 Å². The van der Waals surface area contributed by atoms with Gasteiger partial charge in [0.05, 0.1) is 31.1 Å². The second-order valence-electron chi connectivity index (χ2n) is 3.84. The van der Waals surface area contributed by atoms with Gasteiger partial charge in [0.2, 0.25) is 0 Å². The Hall–Kier alpha value is -1.07. The molecule has 98 valence electrons. The highest BCUT2D eigenvalue weighted by atomic mass is 16.5. The molecule has 1 heterocycles. The van der Waals surface area contributed by atoms with Gasteiger partial charge in [-0.05, 0) is 27.8 Å². The van der Waals surface area contributed by atoms with E-state index in [4.69, 9.17) is 9.47 Å². The first kappa shape index (κ1) is 14.0. The van der Waals surface area contributed by atoms with Gasteiger partial charge in [0.15, 0.2) is 5.75 Å². The van der Waals surface area contributed by atoms with Crippen molar-refractivity contribution in [1.29, 1.82) is 0 Å². The Balaban J connectivity index is 3.04. The summed E-state index contributed by atoms with van der Waals surface area (Å²) in [4.78, 5) is 0. The van der Waals surface area contributed by atoms with Crippen LogP contribution in [0.25, 0.3) is 0 Å². The van der Waals surface area contributed by atoms with Crippen LogP contribution in [0.1, 0.15) is 32.5 Å². The number of aryl methyl sites for hydroxylation is 1. The van der Waals surface area contributed by atoms with Crippen LogP contribution in [0.3, 0.4) is 0 Å². The Labute approximate surface area is 103 Å². The molecule has 0 bridgehead atoms. The van der Waals surface area contributed by atoms with Gasteiger partial charge in [-0.3, -0.25) is 4.68 Å². The van der Waals surface area contributed by atoms with Crippen molar-refractivity contribution in [3.05, 3.63) is 11.9 Å². The highest BCUT2D eigenvalue weighted by molar-refractivity contribution is 5.29. The summed E-state index contributed by atoms with van der Waals surface area (Å²) in [5.41, 5.74) is 1.04. The minimum absolute atomic E-state index is 0.0703. The number of likely N-dealkylation sites (N-methyl/N-ethyl adjacent to an activating group) is 1. The van der Waals surface area contributed by atoms with Crippen LogP contribution >= 0.6 is 0 Å². The molecule has 5 nitrogen and oxygen atoms in total. The van der Waals surface area contributed by atoms with Crippen molar-refractivity contribution in [1.82, 2.24) is 15.1 Å². The minimum atomic E-state index is 0.0703. The molecule has 0 saturated carbocycles. The summed E-state index contributed by atoms with van der Waals surface area (Å²) in [6, 6.07) is 0.0762. The molecule has 2 atom stereocenters. The molecule has 1 aromatic heterocycles. The third-order valence-electron chi connectivity index (χ3n) is 2.87. The highest BCUT2D eigenvalue weighted by Crippen LogP contribution is 2.28. The first-order valence-electron chi connectivity index (χ1n) is 6.08. The number of methoxy groups -OCH3 is 1. The maximum atomic E-state index is 5.66. The second-order valence-corrected chi connectivity index (χ2v) is 3.84. The topological polar surface area (TPSA) is 48.3 Å². The monoisotopic (exact) mass is 241 g/mol. The maximum Gasteiger partial charge on any atom is 0.161 e. The number of aromatic nitrogens is 2. The van der Waals surface area contributed by atoms with E-state index in [1.54, 1.807) is 13.3 Å². The summed E-state index contributed by atoms with van der Waals surface area (Å²) < 4.78 is 13.0. The summed E-state index contributed by atoms with van der Waals surface area (Å²) >= 11 is 0. The molecule has 5 heteroatoms. The van der Waals surface area contributed by atoms with Crippen molar-refractivity contribution in [3.8, 4) is 5.75 Å². The number of hydrogen-bond acceptors (Lipinski definition) is 4. The number of rotatable bonds is 7. The molecule has 0 aliphatic carbocycles. The first-order valence-corrected chi connectivity index (χ1v) is 6.08. The van der Waals surface area contributed by atoms with Crippen LogP contribution in [0.2, 0.25) is 0 Å². The normalized spacial score (nSPS) is 14.6. The summed E-state index contributed by atoms with van der Waals surface area (Å²) in [6.45, 7) is 7.63. The van der Waals surface area contributed by atoms with E-state index in [0.29, 0.717) is 6.61 Å². The van der Waals surface area contributed by atoms with Gasteiger partial charge in [0.1, 0.15) is 0 Å². The van der Waals surface area contributed by atoms with Gasteiger partial charge in [0, 0.05) is 13.2 Å². The van der Waals surface area contributed by atoms with Crippen LogP contribution in [0.4, 0.5) is 0 Å². The molecule has 1 aromatic rings. The van der Waals surface area contributed by atoms with E-state index in [0.717, 1.165) is 18.0 Å². The van der Waals surface area contributed by atoms with Crippen LogP contribution in [-0.2, 0) is 11.3 Å². The summed E-state index contributed by atoms with van der Waals surface area (Å²) in [5.74, 6) is 0.803. The minimum Gasteiger partial charge on any atom is -0.493 e. The molecule has 17 heavy (non-hydrogen) atoms. The third-order valence-corrected chi connectivity index (χ3v) is 2.87. The number of nitrogens with zero attached hydrogens (tertiary/aromatic N) is 2. The summed E-state index contributed by atoms with van der Waals surface area (Å²) in [5, 5.41) is 7.59. The summed E-state index contributed by atoms with van der Waals surface area (Å²) in [7, 11) is 3.59. The van der Waals surface area contributed by atoms with E-state index < -0.39 is 0 Å². The Bertz CT molecular complexity index is 317. The lowest BCUT2D eigenvalue weighted by Crippen LogP contribution is -2.32. The van der Waals surface area contributed by atoms with Gasteiger partial charge >= 0.3 is 0 Å². The number of ether oxygens (including phenoxy) is 2. The molecule has 1 N–H and O–H groups in total. The molecular weight excluding hydrogens is 218 g/mol. The van der Waals surface area contributed by atoms with E-state index in [1.165, 1.54) is 0 Å². The molecule has 0 saturated heterocycles. The fourth-order valence-electron chi connectivity index (χ4n) is 2.05. The zero-order valence-corrected chi connectivity index (χ0v) is 11.4. The van der Waals surface area contributed by atoms with Crippen molar-refractivity contribution in [2.75, 3.05) is 20.8 Å². The predicted molar refractivity (Wildman–Crippen MR) is 67.3 cm³/mol. The smallest absolute Gasteiger partial charge is 0.161 e. The summed E-state index contributed by atoms with van der Waals surface area (Å²) in [6.07, 6.45) is 1.82. The molecular formula is C12H23N3O2. The van der Waals surface area contributed by atoms with Crippen LogP contribution in [0.5, 0.6) is 5.75 Å². The average molecular weight is 241 g/mol. The van der Waals surface area contributed by atoms with E-state index in [-0.39, 0.29) is 12.1 Å². The van der Waals surface area contributed by atoms with Crippen LogP contribution in [0.15, 0.2) is 6.20 Å². The lowest BCUT2D eigenvalue weighted by Gasteiger charge is -2.24. The highest BCUT2D eigenvalue weighted by Gasteiger charge is 2.25. The van der Waals surface area contributed by atoms with Crippen molar-refractivity contribution < 1.29 is 9.47 Å². The third kappa shape index (κ3) is 2.98. The van der Waals surface area contributed by atoms with Gasteiger partial charge in [-0.15, -0.1) is 0 Å². The Morgan fingerprint density at radius 3 is 2.65 bits per heavy atom. The fourth-order valence-corrected chi connectivity index (χ4v) is 2.05. The van der Waals surface area contributed by atoms with Crippen molar-refractivity contribution in [3.63, 3.8) is 0 Å². The van der Waals surface area contributed by atoms with E-state index in [1.807, 2.05) is 18.7 Å². The van der Waals surface area contributed by atoms with Gasteiger partial charge in [-0.2, -0.15) is 5.10 Å². The standard InChI is InChI=1S/C12H23N3O2/c1-6-15-12(10(16-5)8-14-15)11(13-4)9(3)17-7-2/h8-9,11,13H,6-7H2,1-5H3. The van der Waals surface area contributed by atoms with Gasteiger partial charge < -0.3 is 14.8 Å². The Morgan fingerprint density at radius 2 is 2.18 bits per heavy atom. The van der Waals surface area contributed by atoms with Gasteiger partial charge in [-0.25, -0.2) is 0 Å². The molecule has 0 aromatic carbocycles. The lowest BCUT2D eigenvalue weighted by atomic mass is 10.1. The fraction of sp³-hybridized carbons (Fsp3) is 0.750. The average Bonchev–Trinajstić information content (AvgIpc) is 2.73. The van der Waals surface area contributed by atoms with Crippen molar-refractivity contribution in [2.24, 2.45) is 0 Å². The maximum absolute atomic E-state index is 5.66. The van der Waals surface area contributed by atoms with Crippen LogP contribution in [-0.4, -0.2) is 36.6 Å². The van der Waals surface area contributed by atoms with Crippen molar-refractivity contribution >= 4 is 0 Å². The Morgan fingerprint density at radius 1 is 1.47 bits per heavy atom. The Kier molecular flexibility index (Phi) is 5.44. The van der Waals surface area contributed by atoms with Gasteiger partial charge in [0.25, 0.3) is 0 Å². The SMILES string of the molecule is CCOC(C)C(NC)c1c(OC)cnn1CC. The van der Waals surface area contributed by atoms with Crippen molar-refractivity contribution in [2.45, 2.75) is 39.5 Å². The van der Waals surface area contributed by atoms with Crippen LogP contribution < -0.4 is 10.1 Å². The van der Waals surface area contributed by atoms with E-state index in [2.05, 4.69) is 24.3 Å². The zero-order chi connectivity index (χ0) is 12.8. The second kappa shape index (κ2) is 6.61. The lowest BCUT2D eigenvalue weighted by molar-refractivity contribution is 0.0463. The number of nitrogens with one attached hydrogen (secondary N) is 1.